The summed E-state index contributed by atoms with van der Waals surface area (Å²) in [6, 6.07) is 11.3. The Morgan fingerprint density at radius 2 is 1.70 bits per heavy atom. The largest absolute Gasteiger partial charge is 0.494 e. The summed E-state index contributed by atoms with van der Waals surface area (Å²) < 4.78 is 32.3. The molecule has 1 aliphatic rings. The summed E-state index contributed by atoms with van der Waals surface area (Å²) in [5.74, 6) is 0.342. The molecule has 4 rings (SSSR count). The van der Waals surface area contributed by atoms with Crippen molar-refractivity contribution in [2.75, 3.05) is 31.6 Å². The van der Waals surface area contributed by atoms with Gasteiger partial charge in [-0.1, -0.05) is 0 Å². The van der Waals surface area contributed by atoms with Crippen molar-refractivity contribution in [2.45, 2.75) is 59.0 Å². The Labute approximate surface area is 234 Å². The number of halogens is 1. The molecule has 3 aromatic rings. The number of nitrogens with one attached hydrogen (secondary N) is 1. The molecule has 214 valence electrons. The van der Waals surface area contributed by atoms with Gasteiger partial charge in [0.25, 0.3) is 5.91 Å². The molecule has 0 aliphatic carbocycles. The quantitative estimate of drug-likeness (QED) is 0.359. The molecule has 1 fully saturated rings. The lowest BCUT2D eigenvalue weighted by atomic mass is 9.90. The van der Waals surface area contributed by atoms with E-state index in [2.05, 4.69) is 10.4 Å². The molecule has 2 amide bonds. The normalized spacial score (nSPS) is 14.1. The van der Waals surface area contributed by atoms with Gasteiger partial charge in [0.05, 0.1) is 42.0 Å². The van der Waals surface area contributed by atoms with Gasteiger partial charge in [-0.2, -0.15) is 5.10 Å². The predicted octanol–water partition coefficient (Wildman–Crippen LogP) is 6.18. The van der Waals surface area contributed by atoms with Crippen molar-refractivity contribution in [3.05, 3.63) is 65.7 Å². The molecule has 40 heavy (non-hydrogen) atoms. The predicted molar refractivity (Wildman–Crippen MR) is 150 cm³/mol. The second-order valence-electron chi connectivity index (χ2n) is 10.6. The highest BCUT2D eigenvalue weighted by molar-refractivity contribution is 6.06. The van der Waals surface area contributed by atoms with Crippen molar-refractivity contribution in [1.29, 1.82) is 0 Å². The highest BCUT2D eigenvalue weighted by atomic mass is 19.1. The van der Waals surface area contributed by atoms with E-state index in [-0.39, 0.29) is 23.7 Å². The molecule has 0 unspecified atom stereocenters. The number of carbonyl (C=O) groups is 2. The van der Waals surface area contributed by atoms with Crippen molar-refractivity contribution in [1.82, 2.24) is 14.7 Å². The smallest absolute Gasteiger partial charge is 0.410 e. The van der Waals surface area contributed by atoms with Crippen LogP contribution in [0.15, 0.2) is 48.7 Å². The second-order valence-corrected chi connectivity index (χ2v) is 10.6. The highest BCUT2D eigenvalue weighted by Crippen LogP contribution is 2.35. The van der Waals surface area contributed by atoms with Gasteiger partial charge in [-0.15, -0.1) is 0 Å². The minimum absolute atomic E-state index is 0.0758. The molecule has 10 heteroatoms. The summed E-state index contributed by atoms with van der Waals surface area (Å²) in [4.78, 5) is 28.0. The molecule has 2 aromatic carbocycles. The number of ether oxygens (including phenoxy) is 3. The summed E-state index contributed by atoms with van der Waals surface area (Å²) in [5, 5.41) is 7.51. The van der Waals surface area contributed by atoms with Gasteiger partial charge in [-0.05, 0) is 83.9 Å². The lowest BCUT2D eigenvalue weighted by Gasteiger charge is -2.34. The molecule has 1 aromatic heterocycles. The minimum Gasteiger partial charge on any atom is -0.494 e. The molecule has 1 aliphatic heterocycles. The van der Waals surface area contributed by atoms with Crippen LogP contribution in [-0.2, 0) is 4.74 Å². The first-order valence-corrected chi connectivity index (χ1v) is 13.6. The molecule has 0 bridgehead atoms. The Bertz CT molecular complexity index is 1320. The summed E-state index contributed by atoms with van der Waals surface area (Å²) in [6.07, 6.45) is 2.39. The van der Waals surface area contributed by atoms with Crippen LogP contribution in [0.5, 0.6) is 11.5 Å². The van der Waals surface area contributed by atoms with Gasteiger partial charge in [-0.25, -0.2) is 13.9 Å². The average molecular weight is 553 g/mol. The Balaban J connectivity index is 1.64. The minimum atomic E-state index is -0.583. The first-order valence-electron chi connectivity index (χ1n) is 13.6. The number of anilines is 1. The molecule has 2 heterocycles. The fraction of sp³-hybridized carbons (Fsp3) is 0.433. The second kappa shape index (κ2) is 12.4. The molecule has 0 spiro atoms. The van der Waals surface area contributed by atoms with Gasteiger partial charge in [0.2, 0.25) is 0 Å². The Hall–Kier alpha value is -4.08. The highest BCUT2D eigenvalue weighted by Gasteiger charge is 2.32. The number of hydrogen-bond donors (Lipinski definition) is 1. The van der Waals surface area contributed by atoms with E-state index in [4.69, 9.17) is 14.2 Å². The zero-order valence-electron chi connectivity index (χ0n) is 23.7. The van der Waals surface area contributed by atoms with Crippen LogP contribution in [-0.4, -0.2) is 58.6 Å². The molecule has 9 nitrogen and oxygen atoms in total. The summed E-state index contributed by atoms with van der Waals surface area (Å²) in [5.41, 5.74) is 1.63. The van der Waals surface area contributed by atoms with Gasteiger partial charge in [0, 0.05) is 25.1 Å². The number of hydrogen-bond acceptors (Lipinski definition) is 6. The molecule has 0 saturated carbocycles. The van der Waals surface area contributed by atoms with Crippen LogP contribution >= 0.6 is 0 Å². The van der Waals surface area contributed by atoms with E-state index >= 15 is 0 Å². The maximum atomic E-state index is 13.7. The van der Waals surface area contributed by atoms with Crippen LogP contribution in [0.4, 0.5) is 14.9 Å². The van der Waals surface area contributed by atoms with Crippen LogP contribution in [0.25, 0.3) is 5.69 Å². The van der Waals surface area contributed by atoms with Crippen molar-refractivity contribution < 1.29 is 28.2 Å². The average Bonchev–Trinajstić information content (AvgIpc) is 3.35. The fourth-order valence-electron chi connectivity index (χ4n) is 4.71. The van der Waals surface area contributed by atoms with Crippen LogP contribution in [0.2, 0.25) is 0 Å². The van der Waals surface area contributed by atoms with Gasteiger partial charge < -0.3 is 24.4 Å². The molecule has 0 atom stereocenters. The third-order valence-corrected chi connectivity index (χ3v) is 6.47. The first kappa shape index (κ1) is 28.9. The van der Waals surface area contributed by atoms with E-state index in [0.29, 0.717) is 73.3 Å². The Morgan fingerprint density at radius 3 is 2.33 bits per heavy atom. The zero-order valence-corrected chi connectivity index (χ0v) is 23.7. The number of aromatic nitrogens is 2. The maximum Gasteiger partial charge on any atom is 0.410 e. The summed E-state index contributed by atoms with van der Waals surface area (Å²) in [7, 11) is 0. The topological polar surface area (TPSA) is 94.9 Å². The molecule has 1 N–H and O–H groups in total. The van der Waals surface area contributed by atoms with Gasteiger partial charge in [0.15, 0.2) is 0 Å². The summed E-state index contributed by atoms with van der Waals surface area (Å²) in [6.45, 7) is 11.1. The number of amides is 2. The maximum absolute atomic E-state index is 13.7. The SMILES string of the molecule is CCOc1ccc(OCC)c(NC(=O)c2cnn(-c3ccc(F)cc3)c2C2CCN(C(=O)OC(C)(C)C)CC2)c1. The molecule has 0 radical (unpaired) electrons. The van der Waals surface area contributed by atoms with E-state index in [1.54, 1.807) is 39.9 Å². The monoisotopic (exact) mass is 552 g/mol. The lowest BCUT2D eigenvalue weighted by molar-refractivity contribution is 0.0203. The number of carbonyl (C=O) groups excluding carboxylic acids is 2. The first-order chi connectivity index (χ1) is 19.1. The van der Waals surface area contributed by atoms with Gasteiger partial charge in [0.1, 0.15) is 22.9 Å². The van der Waals surface area contributed by atoms with Gasteiger partial charge in [-0.3, -0.25) is 4.79 Å². The fourth-order valence-corrected chi connectivity index (χ4v) is 4.71. The number of benzene rings is 2. The zero-order chi connectivity index (χ0) is 28.9. The van der Waals surface area contributed by atoms with Crippen molar-refractivity contribution in [3.63, 3.8) is 0 Å². The van der Waals surface area contributed by atoms with Crippen LogP contribution in [0.3, 0.4) is 0 Å². The third kappa shape index (κ3) is 6.91. The van der Waals surface area contributed by atoms with E-state index < -0.39 is 5.60 Å². The van der Waals surface area contributed by atoms with Crippen molar-refractivity contribution in [3.8, 4) is 17.2 Å². The van der Waals surface area contributed by atoms with Gasteiger partial charge >= 0.3 is 6.09 Å². The molecular formula is C30H37FN4O5. The van der Waals surface area contributed by atoms with E-state index in [1.165, 1.54) is 18.3 Å². The van der Waals surface area contributed by atoms with Crippen molar-refractivity contribution >= 4 is 17.7 Å². The van der Waals surface area contributed by atoms with Crippen molar-refractivity contribution in [2.24, 2.45) is 0 Å². The van der Waals surface area contributed by atoms with E-state index in [9.17, 15) is 14.0 Å². The molecular weight excluding hydrogens is 515 g/mol. The van der Waals surface area contributed by atoms with Crippen LogP contribution in [0, 0.1) is 5.82 Å². The number of piperidine rings is 1. The standard InChI is InChI=1S/C30H37FN4O5/c1-6-38-23-12-13-26(39-7-2)25(18-23)33-28(36)24-19-32-35(22-10-8-21(31)9-11-22)27(24)20-14-16-34(17-15-20)29(37)40-30(3,4)5/h8-13,18-20H,6-7,14-17H2,1-5H3,(H,33,36). The Kier molecular flexibility index (Phi) is 8.96. The Morgan fingerprint density at radius 1 is 1.02 bits per heavy atom. The number of nitrogens with zero attached hydrogens (tertiary/aromatic N) is 3. The number of likely N-dealkylation sites (tertiary alicyclic amines) is 1. The number of rotatable bonds is 8. The lowest BCUT2D eigenvalue weighted by Crippen LogP contribution is -2.41. The van der Waals surface area contributed by atoms with E-state index in [1.807, 2.05) is 34.6 Å². The van der Waals surface area contributed by atoms with Crippen LogP contribution < -0.4 is 14.8 Å². The summed E-state index contributed by atoms with van der Waals surface area (Å²) >= 11 is 0. The molecule has 1 saturated heterocycles. The van der Waals surface area contributed by atoms with Crippen LogP contribution in [0.1, 0.15) is 69.4 Å². The van der Waals surface area contributed by atoms with E-state index in [0.717, 1.165) is 0 Å². The third-order valence-electron chi connectivity index (χ3n) is 6.47.